The van der Waals surface area contributed by atoms with E-state index in [4.69, 9.17) is 11.6 Å². The number of halogens is 1. The number of amides is 2. The standard InChI is InChI=1S/C25H31ClN4O2S/c1-13-20(11-17(26)12-27-13)28-14(2)22-7-8-23(33-22)25(32)30-21(24(31)29-18-5-6-18)10-16-4-3-15-9-19(15)16/h7-8,11-12,14-16,18-19,21,28H,3-6,9-10H2,1-2H3,(H,29,31)(H,30,32)/t14-,15?,16?,19-,21-/m0/s1. The summed E-state index contributed by atoms with van der Waals surface area (Å²) in [5.74, 6) is 2.00. The molecule has 0 aliphatic heterocycles. The highest BCUT2D eigenvalue weighted by molar-refractivity contribution is 7.14. The Hall–Kier alpha value is -2.12. The van der Waals surface area contributed by atoms with Crippen molar-refractivity contribution in [1.29, 1.82) is 0 Å². The van der Waals surface area contributed by atoms with E-state index < -0.39 is 6.04 Å². The topological polar surface area (TPSA) is 83.1 Å². The van der Waals surface area contributed by atoms with Crippen LogP contribution in [0.3, 0.4) is 0 Å². The Kier molecular flexibility index (Phi) is 6.36. The molecule has 3 N–H and O–H groups in total. The van der Waals surface area contributed by atoms with Gasteiger partial charge in [-0.1, -0.05) is 11.6 Å². The van der Waals surface area contributed by atoms with Crippen LogP contribution in [-0.4, -0.2) is 28.9 Å². The molecule has 5 rings (SSSR count). The highest BCUT2D eigenvalue weighted by atomic mass is 35.5. The molecule has 0 radical (unpaired) electrons. The van der Waals surface area contributed by atoms with Crippen LogP contribution in [0.5, 0.6) is 0 Å². The Labute approximate surface area is 203 Å². The Morgan fingerprint density at radius 1 is 1.24 bits per heavy atom. The lowest BCUT2D eigenvalue weighted by Crippen LogP contribution is -2.48. The summed E-state index contributed by atoms with van der Waals surface area (Å²) in [5, 5.41) is 10.2. The second kappa shape index (κ2) is 9.26. The van der Waals surface area contributed by atoms with Crippen molar-refractivity contribution in [3.8, 4) is 0 Å². The summed E-state index contributed by atoms with van der Waals surface area (Å²) in [5.41, 5.74) is 1.75. The van der Waals surface area contributed by atoms with Crippen LogP contribution in [0, 0.1) is 24.7 Å². The molecule has 3 fully saturated rings. The maximum atomic E-state index is 13.1. The number of thiophene rings is 1. The molecule has 0 bridgehead atoms. The molecule has 2 aromatic rings. The summed E-state index contributed by atoms with van der Waals surface area (Å²) < 4.78 is 0. The Morgan fingerprint density at radius 2 is 2.06 bits per heavy atom. The van der Waals surface area contributed by atoms with E-state index in [1.54, 1.807) is 6.20 Å². The van der Waals surface area contributed by atoms with Crippen LogP contribution in [0.15, 0.2) is 24.4 Å². The monoisotopic (exact) mass is 486 g/mol. The molecule has 2 aromatic heterocycles. The van der Waals surface area contributed by atoms with Gasteiger partial charge in [0.25, 0.3) is 5.91 Å². The van der Waals surface area contributed by atoms with E-state index in [-0.39, 0.29) is 17.9 Å². The molecule has 2 heterocycles. The van der Waals surface area contributed by atoms with Crippen molar-refractivity contribution in [2.45, 2.75) is 70.5 Å². The van der Waals surface area contributed by atoms with Gasteiger partial charge in [-0.25, -0.2) is 0 Å². The number of aryl methyl sites for hydroxylation is 1. The molecule has 0 saturated heterocycles. The first-order chi connectivity index (χ1) is 15.9. The highest BCUT2D eigenvalue weighted by Gasteiger charge is 2.48. The van der Waals surface area contributed by atoms with E-state index in [2.05, 4.69) is 20.9 Å². The number of hydrogen-bond donors (Lipinski definition) is 3. The molecule has 5 atom stereocenters. The molecule has 3 aliphatic carbocycles. The molecule has 0 aromatic carbocycles. The molecule has 6 nitrogen and oxygen atoms in total. The minimum Gasteiger partial charge on any atom is -0.376 e. The van der Waals surface area contributed by atoms with E-state index in [0.717, 1.165) is 47.4 Å². The normalized spacial score (nSPS) is 25.1. The van der Waals surface area contributed by atoms with Crippen LogP contribution in [0.1, 0.15) is 71.7 Å². The van der Waals surface area contributed by atoms with Crippen LogP contribution in [-0.2, 0) is 4.79 Å². The number of rotatable bonds is 9. The lowest BCUT2D eigenvalue weighted by atomic mass is 9.94. The van der Waals surface area contributed by atoms with Gasteiger partial charge in [-0.15, -0.1) is 11.3 Å². The number of fused-ring (bicyclic) bond motifs is 1. The van der Waals surface area contributed by atoms with Gasteiger partial charge in [0.15, 0.2) is 0 Å². The van der Waals surface area contributed by atoms with Crippen LogP contribution in [0.25, 0.3) is 0 Å². The summed E-state index contributed by atoms with van der Waals surface area (Å²) in [7, 11) is 0. The van der Waals surface area contributed by atoms with Crippen molar-refractivity contribution >= 4 is 40.4 Å². The van der Waals surface area contributed by atoms with E-state index in [9.17, 15) is 9.59 Å². The second-order valence-electron chi connectivity index (χ2n) is 9.90. The smallest absolute Gasteiger partial charge is 0.262 e. The molecule has 2 unspecified atom stereocenters. The van der Waals surface area contributed by atoms with E-state index in [1.807, 2.05) is 32.0 Å². The average molecular weight is 487 g/mol. The van der Waals surface area contributed by atoms with Crippen molar-refractivity contribution in [2.75, 3.05) is 5.32 Å². The SMILES string of the molecule is Cc1ncc(Cl)cc1N[C@@H](C)c1ccc(C(=O)N[C@@H](CC2CCC3C[C@@H]32)C(=O)NC2CC2)s1. The minimum absolute atomic E-state index is 0.00484. The van der Waals surface area contributed by atoms with Gasteiger partial charge >= 0.3 is 0 Å². The van der Waals surface area contributed by atoms with Crippen molar-refractivity contribution in [3.05, 3.63) is 44.9 Å². The lowest BCUT2D eigenvalue weighted by molar-refractivity contribution is -0.123. The summed E-state index contributed by atoms with van der Waals surface area (Å²) in [6, 6.07) is 5.50. The maximum Gasteiger partial charge on any atom is 0.262 e. The van der Waals surface area contributed by atoms with Gasteiger partial charge in [0.05, 0.1) is 27.3 Å². The Morgan fingerprint density at radius 3 is 2.76 bits per heavy atom. The first kappa shape index (κ1) is 22.7. The Bertz CT molecular complexity index is 1050. The van der Waals surface area contributed by atoms with Crippen molar-refractivity contribution in [1.82, 2.24) is 15.6 Å². The zero-order valence-corrected chi connectivity index (χ0v) is 20.6. The van der Waals surface area contributed by atoms with Gasteiger partial charge < -0.3 is 16.0 Å². The number of carbonyl (C=O) groups is 2. The number of aromatic nitrogens is 1. The van der Waals surface area contributed by atoms with Crippen LogP contribution in [0.2, 0.25) is 5.02 Å². The molecule has 8 heteroatoms. The van der Waals surface area contributed by atoms with Crippen LogP contribution >= 0.6 is 22.9 Å². The molecule has 33 heavy (non-hydrogen) atoms. The van der Waals surface area contributed by atoms with Crippen molar-refractivity contribution < 1.29 is 9.59 Å². The van der Waals surface area contributed by atoms with Crippen molar-refractivity contribution in [2.24, 2.45) is 17.8 Å². The van der Waals surface area contributed by atoms with Gasteiger partial charge in [0.2, 0.25) is 5.91 Å². The molecule has 3 saturated carbocycles. The quantitative estimate of drug-likeness (QED) is 0.461. The zero-order valence-electron chi connectivity index (χ0n) is 19.1. The van der Waals surface area contributed by atoms with Gasteiger partial charge in [-0.05, 0) is 88.3 Å². The minimum atomic E-state index is -0.455. The van der Waals surface area contributed by atoms with Crippen LogP contribution in [0.4, 0.5) is 5.69 Å². The van der Waals surface area contributed by atoms with Gasteiger partial charge in [-0.2, -0.15) is 0 Å². The van der Waals surface area contributed by atoms with E-state index in [0.29, 0.717) is 21.9 Å². The molecule has 0 spiro atoms. The fraction of sp³-hybridized carbons (Fsp3) is 0.560. The fourth-order valence-electron chi connectivity index (χ4n) is 5.07. The lowest BCUT2D eigenvalue weighted by Gasteiger charge is -2.22. The average Bonchev–Trinajstić information content (AvgIpc) is 3.67. The predicted octanol–water partition coefficient (Wildman–Crippen LogP) is 5.09. The molecule has 3 aliphatic rings. The molecule has 2 amide bonds. The molecular formula is C25H31ClN4O2S. The maximum absolute atomic E-state index is 13.1. The van der Waals surface area contributed by atoms with E-state index in [1.165, 1.54) is 30.6 Å². The largest absolute Gasteiger partial charge is 0.376 e. The fourth-order valence-corrected chi connectivity index (χ4v) is 6.15. The number of nitrogens with one attached hydrogen (secondary N) is 3. The third-order valence-corrected chi connectivity index (χ3v) is 8.75. The van der Waals surface area contributed by atoms with Gasteiger partial charge in [0, 0.05) is 17.1 Å². The van der Waals surface area contributed by atoms with Gasteiger partial charge in [-0.3, -0.25) is 14.6 Å². The Balaban J connectivity index is 1.23. The summed E-state index contributed by atoms with van der Waals surface area (Å²) in [6.45, 7) is 3.98. The number of hydrogen-bond acceptors (Lipinski definition) is 5. The number of nitrogens with zero attached hydrogens (tertiary/aromatic N) is 1. The third-order valence-electron chi connectivity index (χ3n) is 7.28. The first-order valence-electron chi connectivity index (χ1n) is 12.0. The highest BCUT2D eigenvalue weighted by Crippen LogP contribution is 2.56. The number of carbonyl (C=O) groups excluding carboxylic acids is 2. The molecule has 176 valence electrons. The summed E-state index contributed by atoms with van der Waals surface area (Å²) >= 11 is 7.54. The second-order valence-corrected chi connectivity index (χ2v) is 11.4. The summed E-state index contributed by atoms with van der Waals surface area (Å²) in [4.78, 5) is 31.9. The molecular weight excluding hydrogens is 456 g/mol. The van der Waals surface area contributed by atoms with E-state index >= 15 is 0 Å². The zero-order chi connectivity index (χ0) is 23.1. The number of anilines is 1. The van der Waals surface area contributed by atoms with Crippen LogP contribution < -0.4 is 16.0 Å². The number of pyridine rings is 1. The van der Waals surface area contributed by atoms with Crippen molar-refractivity contribution in [3.63, 3.8) is 0 Å². The summed E-state index contributed by atoms with van der Waals surface area (Å²) in [6.07, 6.45) is 8.23. The van der Waals surface area contributed by atoms with Gasteiger partial charge in [0.1, 0.15) is 6.04 Å². The first-order valence-corrected chi connectivity index (χ1v) is 13.2. The third kappa shape index (κ3) is 5.35. The predicted molar refractivity (Wildman–Crippen MR) is 132 cm³/mol.